The number of fused-ring (bicyclic) bond motifs is 3. The topological polar surface area (TPSA) is 96.5 Å². The molecule has 0 saturated carbocycles. The lowest BCUT2D eigenvalue weighted by Crippen LogP contribution is -2.49. The van der Waals surface area contributed by atoms with Crippen molar-refractivity contribution in [2.24, 2.45) is 11.7 Å². The molecule has 130 valence electrons. The second-order valence-corrected chi connectivity index (χ2v) is 6.81. The van der Waals surface area contributed by atoms with Gasteiger partial charge in [0.15, 0.2) is 0 Å². The molecule has 0 aliphatic carbocycles. The van der Waals surface area contributed by atoms with Gasteiger partial charge in [-0.05, 0) is 30.9 Å². The highest BCUT2D eigenvalue weighted by molar-refractivity contribution is 6.00. The molecule has 1 aliphatic heterocycles. The van der Waals surface area contributed by atoms with Crippen LogP contribution in [-0.2, 0) is 0 Å². The Kier molecular flexibility index (Phi) is 3.80. The van der Waals surface area contributed by atoms with Crippen LogP contribution in [0.3, 0.4) is 0 Å². The number of nitrogens with one attached hydrogen (secondary N) is 1. The van der Waals surface area contributed by atoms with Crippen LogP contribution in [0.15, 0.2) is 35.3 Å². The number of likely N-dealkylation sites (tertiary alicyclic amines) is 1. The number of rotatable bonds is 2. The molecule has 3 heterocycles. The van der Waals surface area contributed by atoms with Crippen molar-refractivity contribution in [2.75, 3.05) is 13.1 Å². The molecule has 1 fully saturated rings. The Morgan fingerprint density at radius 2 is 2.20 bits per heavy atom. The minimum Gasteiger partial charge on any atom is -0.334 e. The lowest BCUT2D eigenvalue weighted by Gasteiger charge is -2.37. The number of benzene rings is 1. The van der Waals surface area contributed by atoms with E-state index in [1.807, 2.05) is 17.0 Å². The van der Waals surface area contributed by atoms with Crippen molar-refractivity contribution >= 4 is 22.5 Å². The number of nitrogens with two attached hydrogens (primary N) is 1. The Bertz CT molecular complexity index is 1010. The van der Waals surface area contributed by atoms with Gasteiger partial charge in [-0.15, -0.1) is 0 Å². The zero-order valence-electron chi connectivity index (χ0n) is 14.1. The van der Waals surface area contributed by atoms with Gasteiger partial charge in [0.05, 0.1) is 17.1 Å². The zero-order chi connectivity index (χ0) is 17.6. The molecule has 0 spiro atoms. The number of H-pyrrole nitrogens is 1. The van der Waals surface area contributed by atoms with E-state index in [1.54, 1.807) is 16.6 Å². The summed E-state index contributed by atoms with van der Waals surface area (Å²) in [6.07, 6.45) is 3.40. The fraction of sp³-hybridized carbons (Fsp3) is 0.389. The van der Waals surface area contributed by atoms with Crippen LogP contribution >= 0.6 is 0 Å². The van der Waals surface area contributed by atoms with E-state index in [4.69, 9.17) is 5.73 Å². The van der Waals surface area contributed by atoms with E-state index in [1.165, 1.54) is 6.20 Å². The van der Waals surface area contributed by atoms with E-state index in [0.717, 1.165) is 12.8 Å². The van der Waals surface area contributed by atoms with Crippen LogP contribution in [0.4, 0.5) is 0 Å². The lowest BCUT2D eigenvalue weighted by molar-refractivity contribution is 0.0575. The maximum absolute atomic E-state index is 13.1. The minimum atomic E-state index is -0.222. The predicted molar refractivity (Wildman–Crippen MR) is 95.6 cm³/mol. The Balaban J connectivity index is 1.82. The summed E-state index contributed by atoms with van der Waals surface area (Å²) in [4.78, 5) is 30.1. The van der Waals surface area contributed by atoms with Gasteiger partial charge in [-0.1, -0.05) is 19.1 Å². The fourth-order valence-electron chi connectivity index (χ4n) is 3.73. The standard InChI is InChI=1S/C18H21N5O2/c1-11-6-7-22(12(8-11)9-19)18(25)14-10-20-23-15-5-3-2-4-13(15)17(24)21-16(14)23/h2-5,10-12H,6-9,19H2,1H3,(H,21,24). The van der Waals surface area contributed by atoms with Crippen LogP contribution < -0.4 is 11.3 Å². The van der Waals surface area contributed by atoms with Gasteiger partial charge in [-0.25, -0.2) is 4.52 Å². The summed E-state index contributed by atoms with van der Waals surface area (Å²) in [5.74, 6) is 0.438. The normalized spacial score (nSPS) is 21.1. The van der Waals surface area contributed by atoms with Crippen molar-refractivity contribution in [3.05, 3.63) is 46.4 Å². The Hall–Kier alpha value is -2.67. The first-order valence-corrected chi connectivity index (χ1v) is 8.60. The first-order chi connectivity index (χ1) is 12.1. The summed E-state index contributed by atoms with van der Waals surface area (Å²) in [5, 5.41) is 4.88. The summed E-state index contributed by atoms with van der Waals surface area (Å²) in [5.41, 5.74) is 7.19. The van der Waals surface area contributed by atoms with Gasteiger partial charge < -0.3 is 15.6 Å². The number of nitrogens with zero attached hydrogens (tertiary/aromatic N) is 3. The van der Waals surface area contributed by atoms with Gasteiger partial charge in [0.25, 0.3) is 11.5 Å². The number of piperidine rings is 1. The average molecular weight is 339 g/mol. The molecule has 7 heteroatoms. The van der Waals surface area contributed by atoms with Gasteiger partial charge >= 0.3 is 0 Å². The monoisotopic (exact) mass is 339 g/mol. The molecule has 25 heavy (non-hydrogen) atoms. The third-order valence-electron chi connectivity index (χ3n) is 5.12. The third-order valence-corrected chi connectivity index (χ3v) is 5.12. The second-order valence-electron chi connectivity index (χ2n) is 6.81. The highest BCUT2D eigenvalue weighted by atomic mass is 16.2. The van der Waals surface area contributed by atoms with Crippen LogP contribution in [0, 0.1) is 5.92 Å². The predicted octanol–water partition coefficient (Wildman–Crippen LogP) is 1.38. The molecule has 0 radical (unpaired) electrons. The number of amides is 1. The molecule has 1 saturated heterocycles. The number of aromatic nitrogens is 3. The average Bonchev–Trinajstić information content (AvgIpc) is 3.05. The molecule has 3 N–H and O–H groups in total. The maximum Gasteiger partial charge on any atom is 0.259 e. The summed E-state index contributed by atoms with van der Waals surface area (Å²) in [6.45, 7) is 3.30. The number of hydrogen-bond acceptors (Lipinski definition) is 4. The SMILES string of the molecule is CC1CCN(C(=O)c2cnn3c2[nH]c(=O)c2ccccc23)C(CN)C1. The first kappa shape index (κ1) is 15.8. The number of para-hydroxylation sites is 1. The van der Waals surface area contributed by atoms with E-state index < -0.39 is 0 Å². The van der Waals surface area contributed by atoms with Gasteiger partial charge in [-0.2, -0.15) is 5.10 Å². The smallest absolute Gasteiger partial charge is 0.259 e. The molecule has 7 nitrogen and oxygen atoms in total. The first-order valence-electron chi connectivity index (χ1n) is 8.60. The van der Waals surface area contributed by atoms with Gasteiger partial charge in [-0.3, -0.25) is 9.59 Å². The van der Waals surface area contributed by atoms with Gasteiger partial charge in [0.1, 0.15) is 11.2 Å². The van der Waals surface area contributed by atoms with Crippen LogP contribution in [0.2, 0.25) is 0 Å². The largest absolute Gasteiger partial charge is 0.334 e. The maximum atomic E-state index is 13.1. The quantitative estimate of drug-likeness (QED) is 0.737. The van der Waals surface area contributed by atoms with E-state index in [-0.39, 0.29) is 17.5 Å². The van der Waals surface area contributed by atoms with Crippen LogP contribution in [0.25, 0.3) is 16.6 Å². The molecule has 2 unspecified atom stereocenters. The molecule has 1 aliphatic rings. The zero-order valence-corrected chi connectivity index (χ0v) is 14.1. The van der Waals surface area contributed by atoms with Crippen LogP contribution in [0.5, 0.6) is 0 Å². The number of carbonyl (C=O) groups excluding carboxylic acids is 1. The molecular weight excluding hydrogens is 318 g/mol. The summed E-state index contributed by atoms with van der Waals surface area (Å²) in [7, 11) is 0. The highest BCUT2D eigenvalue weighted by Gasteiger charge is 2.31. The van der Waals surface area contributed by atoms with Crippen LogP contribution in [0.1, 0.15) is 30.1 Å². The van der Waals surface area contributed by atoms with Crippen molar-refractivity contribution in [1.82, 2.24) is 19.5 Å². The molecule has 1 aromatic carbocycles. The van der Waals surface area contributed by atoms with Crippen molar-refractivity contribution in [3.8, 4) is 0 Å². The molecule has 2 atom stereocenters. The van der Waals surface area contributed by atoms with Gasteiger partial charge in [0, 0.05) is 19.1 Å². The van der Waals surface area contributed by atoms with E-state index >= 15 is 0 Å². The molecule has 0 bridgehead atoms. The summed E-state index contributed by atoms with van der Waals surface area (Å²) < 4.78 is 1.62. The summed E-state index contributed by atoms with van der Waals surface area (Å²) in [6, 6.07) is 7.25. The third kappa shape index (κ3) is 2.51. The molecular formula is C18H21N5O2. The van der Waals surface area contributed by atoms with Crippen LogP contribution in [-0.4, -0.2) is 44.5 Å². The van der Waals surface area contributed by atoms with E-state index in [0.29, 0.717) is 41.1 Å². The number of aromatic amines is 1. The fourth-order valence-corrected chi connectivity index (χ4v) is 3.73. The molecule has 1 amide bonds. The van der Waals surface area contributed by atoms with Crippen molar-refractivity contribution in [2.45, 2.75) is 25.8 Å². The Labute approximate surface area is 144 Å². The second kappa shape index (κ2) is 6.00. The Morgan fingerprint density at radius 3 is 3.00 bits per heavy atom. The number of carbonyl (C=O) groups is 1. The molecule has 4 rings (SSSR count). The van der Waals surface area contributed by atoms with Gasteiger partial charge in [0.2, 0.25) is 0 Å². The highest BCUT2D eigenvalue weighted by Crippen LogP contribution is 2.25. The molecule has 3 aromatic rings. The van der Waals surface area contributed by atoms with Crippen molar-refractivity contribution < 1.29 is 4.79 Å². The van der Waals surface area contributed by atoms with Crippen molar-refractivity contribution in [3.63, 3.8) is 0 Å². The molecule has 2 aromatic heterocycles. The lowest BCUT2D eigenvalue weighted by atomic mass is 9.92. The summed E-state index contributed by atoms with van der Waals surface area (Å²) >= 11 is 0. The minimum absolute atomic E-state index is 0.0263. The van der Waals surface area contributed by atoms with E-state index in [9.17, 15) is 9.59 Å². The number of hydrogen-bond donors (Lipinski definition) is 2. The van der Waals surface area contributed by atoms with Crippen molar-refractivity contribution in [1.29, 1.82) is 0 Å². The van der Waals surface area contributed by atoms with E-state index in [2.05, 4.69) is 17.0 Å². The Morgan fingerprint density at radius 1 is 1.40 bits per heavy atom.